The van der Waals surface area contributed by atoms with Gasteiger partial charge in [-0.1, -0.05) is 48.9 Å². The zero-order valence-electron chi connectivity index (χ0n) is 19.8. The van der Waals surface area contributed by atoms with Crippen LogP contribution in [0.5, 0.6) is 11.5 Å². The highest BCUT2D eigenvalue weighted by Gasteiger charge is 2.40. The van der Waals surface area contributed by atoms with E-state index in [1.165, 1.54) is 23.0 Å². The number of pyridine rings is 1. The smallest absolute Gasteiger partial charge is 0.278 e. The van der Waals surface area contributed by atoms with Crippen LogP contribution in [0, 0.1) is 12.7 Å². The number of hydrogen-bond donors (Lipinski definition) is 1. The second-order valence-electron chi connectivity index (χ2n) is 8.83. The van der Waals surface area contributed by atoms with Gasteiger partial charge in [-0.15, -0.1) is 0 Å². The van der Waals surface area contributed by atoms with Crippen LogP contribution in [0.4, 0.5) is 4.39 Å². The second kappa shape index (κ2) is 9.35. The zero-order chi connectivity index (χ0) is 25.6. The van der Waals surface area contributed by atoms with Crippen molar-refractivity contribution in [3.8, 4) is 11.5 Å². The van der Waals surface area contributed by atoms with Gasteiger partial charge in [0.2, 0.25) is 5.43 Å². The van der Waals surface area contributed by atoms with E-state index < -0.39 is 28.9 Å². The minimum atomic E-state index is -0.648. The quantitative estimate of drug-likeness (QED) is 0.514. The van der Waals surface area contributed by atoms with Crippen molar-refractivity contribution in [1.82, 2.24) is 9.58 Å². The number of benzene rings is 2. The summed E-state index contributed by atoms with van der Waals surface area (Å²) in [5.41, 5.74) is 1.62. The molecule has 7 nitrogen and oxygen atoms in total. The first-order chi connectivity index (χ1) is 17.3. The number of carbonyl (C=O) groups excluding carboxylic acids is 1. The summed E-state index contributed by atoms with van der Waals surface area (Å²) in [5, 5.41) is 12.5. The Morgan fingerprint density at radius 1 is 1.14 bits per heavy atom. The number of fused-ring (bicyclic) bond motifs is 5. The Balaban J connectivity index is 1.87. The first-order valence-electron chi connectivity index (χ1n) is 11.7. The van der Waals surface area contributed by atoms with E-state index >= 15 is 0 Å². The van der Waals surface area contributed by atoms with E-state index in [2.05, 4.69) is 0 Å². The summed E-state index contributed by atoms with van der Waals surface area (Å²) in [5.74, 6) is -1.50. The van der Waals surface area contributed by atoms with E-state index in [0.717, 1.165) is 11.1 Å². The van der Waals surface area contributed by atoms with E-state index in [-0.39, 0.29) is 35.8 Å². The molecule has 0 radical (unpaired) electrons. The number of ether oxygens (including phenoxy) is 1. The molecule has 9 heteroatoms. The van der Waals surface area contributed by atoms with Gasteiger partial charge >= 0.3 is 0 Å². The van der Waals surface area contributed by atoms with Gasteiger partial charge < -0.3 is 14.7 Å². The van der Waals surface area contributed by atoms with Gasteiger partial charge in [0.05, 0.1) is 6.04 Å². The van der Waals surface area contributed by atoms with E-state index in [1.54, 1.807) is 17.0 Å². The van der Waals surface area contributed by atoms with Crippen molar-refractivity contribution >= 4 is 17.5 Å². The molecule has 5 rings (SSSR count). The van der Waals surface area contributed by atoms with Crippen LogP contribution in [0.1, 0.15) is 46.6 Å². The maximum Gasteiger partial charge on any atom is 0.278 e. The molecule has 0 spiro atoms. The monoisotopic (exact) mass is 509 g/mol. The Morgan fingerprint density at radius 3 is 2.67 bits per heavy atom. The minimum absolute atomic E-state index is 0.116. The minimum Gasteiger partial charge on any atom is -0.502 e. The van der Waals surface area contributed by atoms with E-state index in [1.807, 2.05) is 49.2 Å². The van der Waals surface area contributed by atoms with Gasteiger partial charge in [-0.2, -0.15) is 0 Å². The third-order valence-corrected chi connectivity index (χ3v) is 7.10. The van der Waals surface area contributed by atoms with Gasteiger partial charge in [-0.25, -0.2) is 4.39 Å². The number of halogens is 2. The fourth-order valence-corrected chi connectivity index (χ4v) is 5.14. The largest absolute Gasteiger partial charge is 0.502 e. The van der Waals surface area contributed by atoms with Crippen LogP contribution in [0.15, 0.2) is 65.6 Å². The molecule has 0 unspecified atom stereocenters. The molecule has 1 amide bonds. The Hall–Kier alpha value is -3.78. The van der Waals surface area contributed by atoms with Crippen LogP contribution in [0.25, 0.3) is 0 Å². The Morgan fingerprint density at radius 2 is 1.92 bits per heavy atom. The van der Waals surface area contributed by atoms with Gasteiger partial charge in [0.25, 0.3) is 5.91 Å². The van der Waals surface area contributed by atoms with Crippen molar-refractivity contribution in [1.29, 1.82) is 0 Å². The van der Waals surface area contributed by atoms with Crippen LogP contribution < -0.4 is 15.2 Å². The predicted molar refractivity (Wildman–Crippen MR) is 135 cm³/mol. The molecule has 1 N–H and O–H groups in total. The van der Waals surface area contributed by atoms with Crippen LogP contribution in [-0.2, 0) is 0 Å². The molecule has 36 heavy (non-hydrogen) atoms. The van der Waals surface area contributed by atoms with E-state index in [0.29, 0.717) is 12.0 Å². The number of amides is 1. The lowest BCUT2D eigenvalue weighted by molar-refractivity contribution is 0.0626. The van der Waals surface area contributed by atoms with Gasteiger partial charge in [0.15, 0.2) is 11.4 Å². The maximum absolute atomic E-state index is 14.6. The standard InChI is InChI=1S/C27H25ClFN3O4/c1-3-17-8-6-14-36-26-19(10-11-20(29)22(26)28)23(18-9-5-4-7-16(18)2)32-15-30(17)27(35)24-25(34)21(33)12-13-31(24)32/h4-13,17,23,34H,3,14-15H2,1-2H3/b8-6+/t17-,23+/m1/s1. The number of hydrogen-bond acceptors (Lipinski definition) is 5. The van der Waals surface area contributed by atoms with Crippen LogP contribution in [0.3, 0.4) is 0 Å². The third kappa shape index (κ3) is 3.82. The van der Waals surface area contributed by atoms with Gasteiger partial charge in [0, 0.05) is 17.8 Å². The topological polar surface area (TPSA) is 75.0 Å². The molecule has 0 saturated heterocycles. The summed E-state index contributed by atoms with van der Waals surface area (Å²) in [7, 11) is 0. The Bertz CT molecular complexity index is 1440. The summed E-state index contributed by atoms with van der Waals surface area (Å²) in [6.45, 7) is 4.15. The normalized spacial score (nSPS) is 20.2. The highest BCUT2D eigenvalue weighted by molar-refractivity contribution is 6.32. The fourth-order valence-electron chi connectivity index (χ4n) is 4.91. The molecule has 3 aromatic rings. The van der Waals surface area contributed by atoms with Crippen LogP contribution in [-0.4, -0.2) is 39.9 Å². The molecule has 186 valence electrons. The van der Waals surface area contributed by atoms with Crippen molar-refractivity contribution in [3.63, 3.8) is 0 Å². The molecule has 2 aromatic carbocycles. The molecule has 2 atom stereocenters. The van der Waals surface area contributed by atoms with Gasteiger partial charge in [-0.05, 0) is 42.7 Å². The zero-order valence-corrected chi connectivity index (χ0v) is 20.6. The summed E-state index contributed by atoms with van der Waals surface area (Å²) in [6.07, 6.45) is 5.66. The highest BCUT2D eigenvalue weighted by Crippen LogP contribution is 2.42. The molecule has 1 aromatic heterocycles. The van der Waals surface area contributed by atoms with E-state index in [4.69, 9.17) is 16.3 Å². The average molecular weight is 510 g/mol. The lowest BCUT2D eigenvalue weighted by Gasteiger charge is -2.46. The highest BCUT2D eigenvalue weighted by atomic mass is 35.5. The number of carbonyl (C=O) groups is 1. The molecule has 2 aliphatic rings. The Labute approximate surface area is 212 Å². The molecule has 0 saturated carbocycles. The molecule has 2 bridgehead atoms. The molecule has 3 heterocycles. The molecule has 2 aliphatic heterocycles. The Kier molecular flexibility index (Phi) is 6.22. The maximum atomic E-state index is 14.6. The predicted octanol–water partition coefficient (Wildman–Crippen LogP) is 4.52. The molecule has 0 fully saturated rings. The van der Waals surface area contributed by atoms with E-state index in [9.17, 15) is 19.1 Å². The van der Waals surface area contributed by atoms with Crippen molar-refractivity contribution in [2.24, 2.45) is 0 Å². The summed E-state index contributed by atoms with van der Waals surface area (Å²) < 4.78 is 22.1. The second-order valence-corrected chi connectivity index (χ2v) is 9.21. The SMILES string of the molecule is CC[C@@H]1/C=C/COc2c(ccc(F)c2Cl)[C@H](c2ccccc2C)N2CN1C(=O)c1c(O)c(=O)ccn12. The summed E-state index contributed by atoms with van der Waals surface area (Å²) in [6, 6.07) is 10.9. The molecular weight excluding hydrogens is 485 g/mol. The number of nitrogens with zero attached hydrogens (tertiary/aromatic N) is 3. The fraction of sp³-hybridized carbons (Fsp3) is 0.259. The van der Waals surface area contributed by atoms with Crippen molar-refractivity contribution in [2.75, 3.05) is 18.3 Å². The van der Waals surface area contributed by atoms with Crippen LogP contribution in [0.2, 0.25) is 5.02 Å². The summed E-state index contributed by atoms with van der Waals surface area (Å²) >= 11 is 6.43. The lowest BCUT2D eigenvalue weighted by atomic mass is 9.93. The molecular formula is C27H25ClFN3O4. The lowest BCUT2D eigenvalue weighted by Crippen LogP contribution is -2.57. The summed E-state index contributed by atoms with van der Waals surface area (Å²) in [4.78, 5) is 27.6. The first-order valence-corrected chi connectivity index (χ1v) is 12.1. The van der Waals surface area contributed by atoms with Crippen molar-refractivity contribution in [3.05, 3.63) is 104 Å². The van der Waals surface area contributed by atoms with Gasteiger partial charge in [0.1, 0.15) is 35.9 Å². The molecule has 0 aliphatic carbocycles. The average Bonchev–Trinajstić information content (AvgIpc) is 2.89. The van der Waals surface area contributed by atoms with Crippen molar-refractivity contribution < 1.29 is 19.0 Å². The first kappa shape index (κ1) is 23.9. The van der Waals surface area contributed by atoms with Crippen molar-refractivity contribution in [2.45, 2.75) is 32.4 Å². The number of rotatable bonds is 2. The number of aromatic hydroxyl groups is 1. The number of aromatic nitrogens is 1. The number of aryl methyl sites for hydroxylation is 1. The van der Waals surface area contributed by atoms with Crippen LogP contribution >= 0.6 is 11.6 Å². The third-order valence-electron chi connectivity index (χ3n) is 6.75. The van der Waals surface area contributed by atoms with Gasteiger partial charge in [-0.3, -0.25) is 19.3 Å².